The molecule has 0 saturated carbocycles. The van der Waals surface area contributed by atoms with Crippen molar-refractivity contribution in [2.75, 3.05) is 18.4 Å². The highest BCUT2D eigenvalue weighted by atomic mass is 16.5. The van der Waals surface area contributed by atoms with Gasteiger partial charge in [0.15, 0.2) is 5.76 Å². The first-order chi connectivity index (χ1) is 10.1. The molecule has 7 heteroatoms. The number of anilines is 1. The molecule has 116 valence electrons. The van der Waals surface area contributed by atoms with Crippen molar-refractivity contribution in [3.63, 3.8) is 0 Å². The van der Waals surface area contributed by atoms with Crippen LogP contribution in [0.25, 0.3) is 0 Å². The molecule has 1 saturated heterocycles. The minimum Gasteiger partial charge on any atom is -0.359 e. The Balaban J connectivity index is 2.14. The average molecular weight is 294 g/mol. The van der Waals surface area contributed by atoms with Crippen LogP contribution < -0.4 is 10.6 Å². The van der Waals surface area contributed by atoms with Crippen LogP contribution in [0.5, 0.6) is 0 Å². The molecule has 1 fully saturated rings. The topological polar surface area (TPSA) is 87.5 Å². The van der Waals surface area contributed by atoms with Gasteiger partial charge in [-0.2, -0.15) is 0 Å². The lowest BCUT2D eigenvalue weighted by molar-refractivity contribution is -0.127. The third-order valence-electron chi connectivity index (χ3n) is 3.65. The number of aromatic nitrogens is 1. The Hall–Kier alpha value is -2.05. The molecule has 3 amide bonds. The van der Waals surface area contributed by atoms with Crippen molar-refractivity contribution in [3.05, 3.63) is 11.5 Å². The van der Waals surface area contributed by atoms with Crippen LogP contribution in [0.2, 0.25) is 0 Å². The Morgan fingerprint density at radius 3 is 2.95 bits per heavy atom. The number of hydrogen-bond donors (Lipinski definition) is 2. The SMILES string of the molecule is CCCC1C(=O)NCCN1C(=O)Nc1c(CC)noc1C. The molecule has 0 aliphatic carbocycles. The minimum absolute atomic E-state index is 0.0870. The Morgan fingerprint density at radius 1 is 1.52 bits per heavy atom. The third kappa shape index (κ3) is 3.17. The maximum atomic E-state index is 12.5. The van der Waals surface area contributed by atoms with Gasteiger partial charge in [-0.1, -0.05) is 25.4 Å². The van der Waals surface area contributed by atoms with E-state index < -0.39 is 6.04 Å². The van der Waals surface area contributed by atoms with Gasteiger partial charge in [0.1, 0.15) is 17.4 Å². The van der Waals surface area contributed by atoms with Gasteiger partial charge in [-0.05, 0) is 19.8 Å². The van der Waals surface area contributed by atoms with E-state index >= 15 is 0 Å². The van der Waals surface area contributed by atoms with Crippen LogP contribution in [0, 0.1) is 6.92 Å². The number of aryl methyl sites for hydroxylation is 2. The van der Waals surface area contributed by atoms with Crippen molar-refractivity contribution in [3.8, 4) is 0 Å². The molecular formula is C14H22N4O3. The first-order valence-electron chi connectivity index (χ1n) is 7.38. The highest BCUT2D eigenvalue weighted by Gasteiger charge is 2.33. The molecule has 2 heterocycles. The standard InChI is InChI=1S/C14H22N4O3/c1-4-6-11-13(19)15-7-8-18(11)14(20)16-12-9(3)21-17-10(12)5-2/h11H,4-8H2,1-3H3,(H,15,19)(H,16,20). The molecule has 1 atom stereocenters. The normalized spacial score (nSPS) is 18.5. The fraction of sp³-hybridized carbons (Fsp3) is 0.643. The van der Waals surface area contributed by atoms with Gasteiger partial charge in [0, 0.05) is 13.1 Å². The number of amides is 3. The fourth-order valence-corrected chi connectivity index (χ4v) is 2.52. The quantitative estimate of drug-likeness (QED) is 0.884. The van der Waals surface area contributed by atoms with E-state index in [9.17, 15) is 9.59 Å². The van der Waals surface area contributed by atoms with Gasteiger partial charge in [0.2, 0.25) is 5.91 Å². The molecule has 0 spiro atoms. The lowest BCUT2D eigenvalue weighted by atomic mass is 10.1. The van der Waals surface area contributed by atoms with Gasteiger partial charge in [0.05, 0.1) is 0 Å². The summed E-state index contributed by atoms with van der Waals surface area (Å²) in [7, 11) is 0. The summed E-state index contributed by atoms with van der Waals surface area (Å²) in [5.41, 5.74) is 1.33. The van der Waals surface area contributed by atoms with Crippen molar-refractivity contribution in [2.24, 2.45) is 0 Å². The van der Waals surface area contributed by atoms with Gasteiger partial charge >= 0.3 is 6.03 Å². The number of carbonyl (C=O) groups excluding carboxylic acids is 2. The lowest BCUT2D eigenvalue weighted by Gasteiger charge is -2.34. The summed E-state index contributed by atoms with van der Waals surface area (Å²) in [5, 5.41) is 9.56. The fourth-order valence-electron chi connectivity index (χ4n) is 2.52. The predicted molar refractivity (Wildman–Crippen MR) is 78.0 cm³/mol. The number of urea groups is 1. The molecule has 1 aromatic rings. The van der Waals surface area contributed by atoms with Crippen LogP contribution in [0.4, 0.5) is 10.5 Å². The number of rotatable bonds is 4. The zero-order valence-electron chi connectivity index (χ0n) is 12.7. The molecule has 1 aliphatic heterocycles. The van der Waals surface area contributed by atoms with E-state index in [0.29, 0.717) is 43.1 Å². The monoisotopic (exact) mass is 294 g/mol. The van der Waals surface area contributed by atoms with Gasteiger partial charge in [0.25, 0.3) is 0 Å². The van der Waals surface area contributed by atoms with E-state index in [0.717, 1.165) is 6.42 Å². The first kappa shape index (κ1) is 15.3. The second-order valence-corrected chi connectivity index (χ2v) is 5.13. The van der Waals surface area contributed by atoms with E-state index in [1.54, 1.807) is 11.8 Å². The summed E-state index contributed by atoms with van der Waals surface area (Å²) in [4.78, 5) is 26.0. The Bertz CT molecular complexity index is 526. The first-order valence-corrected chi connectivity index (χ1v) is 7.38. The number of nitrogens with zero attached hydrogens (tertiary/aromatic N) is 2. The second kappa shape index (κ2) is 6.60. The Kier molecular flexibility index (Phi) is 4.82. The largest absolute Gasteiger partial charge is 0.359 e. The molecule has 1 aliphatic rings. The van der Waals surface area contributed by atoms with Crippen LogP contribution in [0.1, 0.15) is 38.1 Å². The van der Waals surface area contributed by atoms with Gasteiger partial charge in [-0.25, -0.2) is 4.79 Å². The predicted octanol–water partition coefficient (Wildman–Crippen LogP) is 1.68. The summed E-state index contributed by atoms with van der Waals surface area (Å²) in [6, 6.07) is -0.682. The minimum atomic E-state index is -0.408. The third-order valence-corrected chi connectivity index (χ3v) is 3.65. The summed E-state index contributed by atoms with van der Waals surface area (Å²) in [6.07, 6.45) is 2.17. The molecular weight excluding hydrogens is 272 g/mol. The average Bonchev–Trinajstić information content (AvgIpc) is 2.82. The van der Waals surface area contributed by atoms with Crippen LogP contribution in [-0.4, -0.2) is 41.1 Å². The van der Waals surface area contributed by atoms with Crippen molar-refractivity contribution in [2.45, 2.75) is 46.1 Å². The van der Waals surface area contributed by atoms with E-state index in [2.05, 4.69) is 15.8 Å². The van der Waals surface area contributed by atoms with E-state index in [-0.39, 0.29) is 11.9 Å². The van der Waals surface area contributed by atoms with Crippen LogP contribution in [-0.2, 0) is 11.2 Å². The van der Waals surface area contributed by atoms with Crippen LogP contribution in [0.15, 0.2) is 4.52 Å². The van der Waals surface area contributed by atoms with E-state index in [1.165, 1.54) is 0 Å². The Morgan fingerprint density at radius 2 is 2.29 bits per heavy atom. The van der Waals surface area contributed by atoms with Gasteiger partial charge in [-0.15, -0.1) is 0 Å². The van der Waals surface area contributed by atoms with Gasteiger partial charge < -0.3 is 20.1 Å². The highest BCUT2D eigenvalue weighted by molar-refractivity contribution is 5.95. The van der Waals surface area contributed by atoms with Crippen LogP contribution >= 0.6 is 0 Å². The molecule has 7 nitrogen and oxygen atoms in total. The molecule has 1 aromatic heterocycles. The van der Waals surface area contributed by atoms with Crippen LogP contribution in [0.3, 0.4) is 0 Å². The molecule has 2 N–H and O–H groups in total. The summed E-state index contributed by atoms with van der Waals surface area (Å²) >= 11 is 0. The van der Waals surface area contributed by atoms with Crippen molar-refractivity contribution in [1.82, 2.24) is 15.4 Å². The number of hydrogen-bond acceptors (Lipinski definition) is 4. The summed E-state index contributed by atoms with van der Waals surface area (Å²) in [6.45, 7) is 6.69. The number of piperazine rings is 1. The molecule has 0 bridgehead atoms. The van der Waals surface area contributed by atoms with Crippen molar-refractivity contribution < 1.29 is 14.1 Å². The van der Waals surface area contributed by atoms with E-state index in [1.807, 2.05) is 13.8 Å². The summed E-state index contributed by atoms with van der Waals surface area (Å²) < 4.78 is 5.11. The highest BCUT2D eigenvalue weighted by Crippen LogP contribution is 2.22. The molecule has 2 rings (SSSR count). The van der Waals surface area contributed by atoms with E-state index in [4.69, 9.17) is 4.52 Å². The zero-order chi connectivity index (χ0) is 15.4. The summed E-state index contributed by atoms with van der Waals surface area (Å²) in [5.74, 6) is 0.490. The van der Waals surface area contributed by atoms with Crippen molar-refractivity contribution >= 4 is 17.6 Å². The smallest absolute Gasteiger partial charge is 0.322 e. The van der Waals surface area contributed by atoms with Crippen molar-refractivity contribution in [1.29, 1.82) is 0 Å². The second-order valence-electron chi connectivity index (χ2n) is 5.13. The maximum Gasteiger partial charge on any atom is 0.322 e. The maximum absolute atomic E-state index is 12.5. The zero-order valence-corrected chi connectivity index (χ0v) is 12.7. The Labute approximate surface area is 124 Å². The lowest BCUT2D eigenvalue weighted by Crippen LogP contribution is -2.58. The van der Waals surface area contributed by atoms with Gasteiger partial charge in [-0.3, -0.25) is 4.79 Å². The molecule has 1 unspecified atom stereocenters. The number of nitrogens with one attached hydrogen (secondary N) is 2. The molecule has 0 aromatic carbocycles. The molecule has 0 radical (unpaired) electrons. The number of carbonyl (C=O) groups is 2. The molecule has 21 heavy (non-hydrogen) atoms.